The number of carboxylic acid groups (broad SMARTS) is 1. The molecule has 0 spiro atoms. The molecule has 6 nitrogen and oxygen atoms in total. The van der Waals surface area contributed by atoms with Crippen molar-refractivity contribution in [2.45, 2.75) is 25.6 Å². The average molecular weight is 373 g/mol. The van der Waals surface area contributed by atoms with Crippen LogP contribution in [0.15, 0.2) is 42.5 Å². The van der Waals surface area contributed by atoms with Crippen molar-refractivity contribution >= 4 is 17.6 Å². The lowest BCUT2D eigenvalue weighted by Gasteiger charge is -2.23. The van der Waals surface area contributed by atoms with E-state index in [1.807, 2.05) is 0 Å². The van der Waals surface area contributed by atoms with Crippen LogP contribution in [0.5, 0.6) is 0 Å². The number of halogens is 1. The molecule has 0 bridgehead atoms. The second kappa shape index (κ2) is 8.75. The summed E-state index contributed by atoms with van der Waals surface area (Å²) in [6, 6.07) is 10.1. The van der Waals surface area contributed by atoms with E-state index in [9.17, 15) is 14.0 Å². The van der Waals surface area contributed by atoms with Crippen molar-refractivity contribution in [2.75, 3.05) is 18.5 Å². The van der Waals surface area contributed by atoms with Gasteiger partial charge in [-0.25, -0.2) is 9.18 Å². The van der Waals surface area contributed by atoms with Gasteiger partial charge in [-0.15, -0.1) is 0 Å². The van der Waals surface area contributed by atoms with Crippen molar-refractivity contribution in [3.8, 4) is 0 Å². The second-order valence-electron chi connectivity index (χ2n) is 6.23. The fraction of sp³-hybridized carbons (Fsp3) is 0.300. The number of carboxylic acids is 1. The van der Waals surface area contributed by atoms with Crippen LogP contribution in [-0.2, 0) is 16.1 Å². The lowest BCUT2D eigenvalue weighted by atomic mass is 10.1. The zero-order chi connectivity index (χ0) is 19.2. The highest BCUT2D eigenvalue weighted by atomic mass is 19.1. The Morgan fingerprint density at radius 1 is 1.19 bits per heavy atom. The fourth-order valence-electron chi connectivity index (χ4n) is 2.86. The number of rotatable bonds is 6. The molecule has 0 radical (unpaired) electrons. The topological polar surface area (TPSA) is 84.9 Å². The van der Waals surface area contributed by atoms with Crippen LogP contribution in [0.25, 0.3) is 0 Å². The first-order chi connectivity index (χ1) is 13.0. The van der Waals surface area contributed by atoms with Gasteiger partial charge in [0.2, 0.25) is 0 Å². The SMILES string of the molecule is O=C(O)c1ccc(F)c(NC(=O)c2ccccc2COC2CCOCC2)c1. The van der Waals surface area contributed by atoms with E-state index in [0.29, 0.717) is 24.3 Å². The van der Waals surface area contributed by atoms with E-state index in [4.69, 9.17) is 14.6 Å². The number of carbonyl (C=O) groups excluding carboxylic acids is 1. The lowest BCUT2D eigenvalue weighted by molar-refractivity contribution is -0.0391. The molecule has 142 valence electrons. The Hall–Kier alpha value is -2.77. The van der Waals surface area contributed by atoms with E-state index < -0.39 is 17.7 Å². The summed E-state index contributed by atoms with van der Waals surface area (Å²) >= 11 is 0. The largest absolute Gasteiger partial charge is 0.478 e. The van der Waals surface area contributed by atoms with Crippen LogP contribution in [-0.4, -0.2) is 36.3 Å². The van der Waals surface area contributed by atoms with Crippen LogP contribution in [0.2, 0.25) is 0 Å². The molecule has 1 heterocycles. The third-order valence-corrected chi connectivity index (χ3v) is 4.37. The summed E-state index contributed by atoms with van der Waals surface area (Å²) in [6.07, 6.45) is 1.70. The molecule has 7 heteroatoms. The summed E-state index contributed by atoms with van der Waals surface area (Å²) in [5.41, 5.74) is 0.740. The van der Waals surface area contributed by atoms with Gasteiger partial charge in [0.05, 0.1) is 24.0 Å². The molecular weight excluding hydrogens is 353 g/mol. The Labute approximate surface area is 155 Å². The predicted molar refractivity (Wildman–Crippen MR) is 96.4 cm³/mol. The first-order valence-electron chi connectivity index (χ1n) is 8.66. The highest BCUT2D eigenvalue weighted by Crippen LogP contribution is 2.20. The fourth-order valence-corrected chi connectivity index (χ4v) is 2.86. The highest BCUT2D eigenvalue weighted by Gasteiger charge is 2.18. The van der Waals surface area contributed by atoms with Gasteiger partial charge in [-0.3, -0.25) is 4.79 Å². The number of hydrogen-bond donors (Lipinski definition) is 2. The maximum atomic E-state index is 14.0. The molecule has 0 aromatic heterocycles. The Bertz CT molecular complexity index is 833. The number of carbonyl (C=O) groups is 2. The molecule has 2 aromatic carbocycles. The van der Waals surface area contributed by atoms with E-state index in [1.54, 1.807) is 24.3 Å². The molecule has 2 aromatic rings. The van der Waals surface area contributed by atoms with Crippen molar-refractivity contribution in [1.82, 2.24) is 0 Å². The van der Waals surface area contributed by atoms with Crippen LogP contribution in [0, 0.1) is 5.82 Å². The van der Waals surface area contributed by atoms with Gasteiger partial charge in [-0.1, -0.05) is 18.2 Å². The van der Waals surface area contributed by atoms with Crippen LogP contribution in [0.4, 0.5) is 10.1 Å². The molecule has 27 heavy (non-hydrogen) atoms. The Morgan fingerprint density at radius 2 is 1.93 bits per heavy atom. The van der Waals surface area contributed by atoms with E-state index >= 15 is 0 Å². The maximum Gasteiger partial charge on any atom is 0.335 e. The van der Waals surface area contributed by atoms with Crippen molar-refractivity contribution in [2.24, 2.45) is 0 Å². The van der Waals surface area contributed by atoms with E-state index in [-0.39, 0.29) is 24.0 Å². The van der Waals surface area contributed by atoms with Crippen molar-refractivity contribution in [3.63, 3.8) is 0 Å². The summed E-state index contributed by atoms with van der Waals surface area (Å²) in [5, 5.41) is 11.5. The molecule has 0 aliphatic carbocycles. The normalized spacial score (nSPS) is 14.7. The Balaban J connectivity index is 1.73. The third kappa shape index (κ3) is 4.90. The molecule has 2 N–H and O–H groups in total. The summed E-state index contributed by atoms with van der Waals surface area (Å²) in [5.74, 6) is -2.43. The van der Waals surface area contributed by atoms with Crippen molar-refractivity contribution < 1.29 is 28.6 Å². The Kier molecular flexibility index (Phi) is 6.16. The number of aromatic carboxylic acids is 1. The molecule has 1 saturated heterocycles. The molecule has 1 aliphatic rings. The number of anilines is 1. The minimum atomic E-state index is -1.20. The van der Waals surface area contributed by atoms with Gasteiger partial charge >= 0.3 is 5.97 Å². The van der Waals surface area contributed by atoms with Crippen LogP contribution >= 0.6 is 0 Å². The van der Waals surface area contributed by atoms with Gasteiger partial charge < -0.3 is 19.9 Å². The third-order valence-electron chi connectivity index (χ3n) is 4.37. The molecular formula is C20H20FNO5. The van der Waals surface area contributed by atoms with E-state index in [0.717, 1.165) is 31.0 Å². The zero-order valence-corrected chi connectivity index (χ0v) is 14.6. The maximum absolute atomic E-state index is 14.0. The summed E-state index contributed by atoms with van der Waals surface area (Å²) < 4.78 is 25.1. The molecule has 1 fully saturated rings. The summed E-state index contributed by atoms with van der Waals surface area (Å²) in [7, 11) is 0. The van der Waals surface area contributed by atoms with E-state index in [2.05, 4.69) is 5.32 Å². The van der Waals surface area contributed by atoms with Crippen LogP contribution in [0.1, 0.15) is 39.1 Å². The first kappa shape index (κ1) is 19.0. The second-order valence-corrected chi connectivity index (χ2v) is 6.23. The number of hydrogen-bond acceptors (Lipinski definition) is 4. The standard InChI is InChI=1S/C20H20FNO5/c21-17-6-5-13(20(24)25)11-18(17)22-19(23)16-4-2-1-3-14(16)12-27-15-7-9-26-10-8-15/h1-6,11,15H,7-10,12H2,(H,22,23)(H,24,25). The Morgan fingerprint density at radius 3 is 2.67 bits per heavy atom. The minimum absolute atomic E-state index is 0.0829. The molecule has 1 aliphatic heterocycles. The van der Waals surface area contributed by atoms with Gasteiger partial charge in [0, 0.05) is 18.8 Å². The highest BCUT2D eigenvalue weighted by molar-refractivity contribution is 6.05. The van der Waals surface area contributed by atoms with Gasteiger partial charge in [0.15, 0.2) is 0 Å². The van der Waals surface area contributed by atoms with Crippen molar-refractivity contribution in [3.05, 3.63) is 65.0 Å². The van der Waals surface area contributed by atoms with Crippen LogP contribution in [0.3, 0.4) is 0 Å². The molecule has 0 saturated carbocycles. The number of amides is 1. The van der Waals surface area contributed by atoms with Gasteiger partial charge in [0.1, 0.15) is 5.82 Å². The number of nitrogens with one attached hydrogen (secondary N) is 1. The van der Waals surface area contributed by atoms with Gasteiger partial charge in [0.25, 0.3) is 5.91 Å². The quantitative estimate of drug-likeness (QED) is 0.810. The number of ether oxygens (including phenoxy) is 2. The monoisotopic (exact) mass is 373 g/mol. The van der Waals surface area contributed by atoms with E-state index in [1.165, 1.54) is 0 Å². The lowest BCUT2D eigenvalue weighted by Crippen LogP contribution is -2.24. The molecule has 0 atom stereocenters. The number of benzene rings is 2. The average Bonchev–Trinajstić information content (AvgIpc) is 2.69. The summed E-state index contributed by atoms with van der Waals surface area (Å²) in [4.78, 5) is 23.7. The smallest absolute Gasteiger partial charge is 0.335 e. The van der Waals surface area contributed by atoms with Crippen LogP contribution < -0.4 is 5.32 Å². The van der Waals surface area contributed by atoms with Gasteiger partial charge in [-0.05, 0) is 42.7 Å². The first-order valence-corrected chi connectivity index (χ1v) is 8.66. The zero-order valence-electron chi connectivity index (χ0n) is 14.6. The minimum Gasteiger partial charge on any atom is -0.478 e. The van der Waals surface area contributed by atoms with Crippen molar-refractivity contribution in [1.29, 1.82) is 0 Å². The molecule has 0 unspecified atom stereocenters. The summed E-state index contributed by atoms with van der Waals surface area (Å²) in [6.45, 7) is 1.57. The van der Waals surface area contributed by atoms with Gasteiger partial charge in [-0.2, -0.15) is 0 Å². The molecule has 1 amide bonds. The molecule has 3 rings (SSSR count). The predicted octanol–water partition coefficient (Wildman–Crippen LogP) is 3.47.